The fourth-order valence-corrected chi connectivity index (χ4v) is 3.60. The Labute approximate surface area is 155 Å². The van der Waals surface area contributed by atoms with Crippen LogP contribution in [0.1, 0.15) is 30.3 Å². The van der Waals surface area contributed by atoms with Crippen molar-refractivity contribution in [3.05, 3.63) is 54.3 Å². The van der Waals surface area contributed by atoms with Crippen molar-refractivity contribution in [1.29, 1.82) is 0 Å². The number of hydrogen-bond donors (Lipinski definition) is 0. The van der Waals surface area contributed by atoms with Crippen molar-refractivity contribution in [2.45, 2.75) is 25.7 Å². The first kappa shape index (κ1) is 15.9. The van der Waals surface area contributed by atoms with E-state index in [0.717, 1.165) is 48.9 Å². The zero-order chi connectivity index (χ0) is 18.2. The van der Waals surface area contributed by atoms with E-state index >= 15 is 0 Å². The summed E-state index contributed by atoms with van der Waals surface area (Å²) < 4.78 is 7.36. The van der Waals surface area contributed by atoms with Crippen LogP contribution < -0.4 is 4.90 Å². The van der Waals surface area contributed by atoms with Crippen LogP contribution in [0, 0.1) is 6.92 Å². The Bertz CT molecular complexity index is 1060. The molecule has 0 amide bonds. The molecule has 0 radical (unpaired) electrons. The number of hydrogen-bond acceptors (Lipinski definition) is 7. The Hall–Kier alpha value is -3.29. The molecule has 0 bridgehead atoms. The first-order chi connectivity index (χ1) is 13.3. The molecule has 0 saturated carbocycles. The van der Waals surface area contributed by atoms with Gasteiger partial charge in [-0.15, -0.1) is 0 Å². The molecule has 3 aromatic heterocycles. The average Bonchev–Trinajstić information content (AvgIpc) is 3.38. The summed E-state index contributed by atoms with van der Waals surface area (Å²) >= 11 is 0. The topological polar surface area (TPSA) is 85.2 Å². The third kappa shape index (κ3) is 2.92. The molecule has 4 heterocycles. The van der Waals surface area contributed by atoms with Crippen molar-refractivity contribution in [3.8, 4) is 11.4 Å². The third-order valence-corrected chi connectivity index (χ3v) is 5.00. The van der Waals surface area contributed by atoms with Crippen LogP contribution in [-0.2, 0) is 0 Å². The van der Waals surface area contributed by atoms with Gasteiger partial charge >= 0.3 is 0 Å². The number of anilines is 1. The van der Waals surface area contributed by atoms with Crippen molar-refractivity contribution in [3.63, 3.8) is 0 Å². The van der Waals surface area contributed by atoms with Gasteiger partial charge in [0.25, 0.3) is 5.78 Å². The lowest BCUT2D eigenvalue weighted by Crippen LogP contribution is -2.34. The Morgan fingerprint density at radius 2 is 1.89 bits per heavy atom. The monoisotopic (exact) mass is 361 g/mol. The van der Waals surface area contributed by atoms with E-state index in [0.29, 0.717) is 11.6 Å². The Balaban J connectivity index is 1.33. The number of nitrogens with zero attached hydrogens (tertiary/aromatic N) is 7. The van der Waals surface area contributed by atoms with Gasteiger partial charge in [0.15, 0.2) is 0 Å². The van der Waals surface area contributed by atoms with E-state index in [1.807, 2.05) is 37.3 Å². The molecule has 0 atom stereocenters. The summed E-state index contributed by atoms with van der Waals surface area (Å²) in [5, 5.41) is 8.46. The maximum atomic E-state index is 5.56. The van der Waals surface area contributed by atoms with E-state index < -0.39 is 0 Å². The fraction of sp³-hybridized carbons (Fsp3) is 0.316. The highest BCUT2D eigenvalue weighted by Gasteiger charge is 2.27. The van der Waals surface area contributed by atoms with Gasteiger partial charge in [-0.05, 0) is 19.8 Å². The Kier molecular flexibility index (Phi) is 3.81. The van der Waals surface area contributed by atoms with Crippen molar-refractivity contribution in [2.75, 3.05) is 18.0 Å². The molecule has 0 unspecified atom stereocenters. The van der Waals surface area contributed by atoms with Gasteiger partial charge in [-0.1, -0.05) is 35.5 Å². The smallest absolute Gasteiger partial charge is 0.254 e. The molecule has 8 heteroatoms. The van der Waals surface area contributed by atoms with E-state index in [1.165, 1.54) is 0 Å². The zero-order valence-corrected chi connectivity index (χ0v) is 15.0. The molecule has 4 aromatic rings. The maximum Gasteiger partial charge on any atom is 0.254 e. The van der Waals surface area contributed by atoms with Gasteiger partial charge in [0.1, 0.15) is 12.1 Å². The molecule has 27 heavy (non-hydrogen) atoms. The summed E-state index contributed by atoms with van der Waals surface area (Å²) in [4.78, 5) is 15.6. The molecule has 8 nitrogen and oxygen atoms in total. The molecule has 1 fully saturated rings. The molecule has 1 saturated heterocycles. The number of fused-ring (bicyclic) bond motifs is 1. The molecule has 1 aliphatic heterocycles. The third-order valence-electron chi connectivity index (χ3n) is 5.00. The molecule has 5 rings (SSSR count). The van der Waals surface area contributed by atoms with E-state index in [-0.39, 0.29) is 5.92 Å². The first-order valence-electron chi connectivity index (χ1n) is 9.09. The number of piperidine rings is 1. The van der Waals surface area contributed by atoms with Crippen LogP contribution in [0.5, 0.6) is 0 Å². The van der Waals surface area contributed by atoms with E-state index in [1.54, 1.807) is 10.8 Å². The van der Waals surface area contributed by atoms with Crippen LogP contribution in [0.4, 0.5) is 5.82 Å². The largest absolute Gasteiger partial charge is 0.356 e. The van der Waals surface area contributed by atoms with Gasteiger partial charge in [-0.25, -0.2) is 4.98 Å². The Morgan fingerprint density at radius 3 is 2.70 bits per heavy atom. The highest BCUT2D eigenvalue weighted by atomic mass is 16.5. The predicted octanol–water partition coefficient (Wildman–Crippen LogP) is 2.87. The van der Waals surface area contributed by atoms with Gasteiger partial charge < -0.3 is 9.42 Å². The normalized spacial score (nSPS) is 15.5. The predicted molar refractivity (Wildman–Crippen MR) is 99.4 cm³/mol. The minimum Gasteiger partial charge on any atom is -0.356 e. The lowest BCUT2D eigenvalue weighted by molar-refractivity contribution is 0.329. The standard InChI is InChI=1S/C19H19N7O/c1-13-11-16(26-19(22-13)20-12-21-26)25-9-7-15(8-10-25)18-23-17(24-27-18)14-5-3-2-4-6-14/h2-6,11-12,15H,7-10H2,1H3. The molecule has 0 aliphatic carbocycles. The van der Waals surface area contributed by atoms with E-state index in [9.17, 15) is 0 Å². The minimum absolute atomic E-state index is 0.278. The van der Waals surface area contributed by atoms with Crippen LogP contribution in [0.15, 0.2) is 47.2 Å². The molecule has 136 valence electrons. The minimum atomic E-state index is 0.278. The molecule has 1 aromatic carbocycles. The highest BCUT2D eigenvalue weighted by molar-refractivity contribution is 5.53. The lowest BCUT2D eigenvalue weighted by atomic mass is 9.96. The van der Waals surface area contributed by atoms with E-state index in [4.69, 9.17) is 4.52 Å². The lowest BCUT2D eigenvalue weighted by Gasteiger charge is -2.32. The van der Waals surface area contributed by atoms with E-state index in [2.05, 4.69) is 36.2 Å². The van der Waals surface area contributed by atoms with Crippen molar-refractivity contribution < 1.29 is 4.52 Å². The summed E-state index contributed by atoms with van der Waals surface area (Å²) in [7, 11) is 0. The molecular formula is C19H19N7O. The second kappa shape index (κ2) is 6.46. The number of aryl methyl sites for hydroxylation is 1. The summed E-state index contributed by atoms with van der Waals surface area (Å²) in [6.45, 7) is 3.77. The highest BCUT2D eigenvalue weighted by Crippen LogP contribution is 2.30. The van der Waals surface area contributed by atoms with Crippen molar-refractivity contribution in [2.24, 2.45) is 0 Å². The second-order valence-corrected chi connectivity index (χ2v) is 6.81. The molecule has 0 N–H and O–H groups in total. The average molecular weight is 361 g/mol. The molecular weight excluding hydrogens is 342 g/mol. The van der Waals surface area contributed by atoms with Crippen molar-refractivity contribution in [1.82, 2.24) is 29.7 Å². The van der Waals surface area contributed by atoms with Gasteiger partial charge in [0, 0.05) is 36.3 Å². The summed E-state index contributed by atoms with van der Waals surface area (Å²) in [6.07, 6.45) is 3.45. The molecule has 0 spiro atoms. The van der Waals surface area contributed by atoms with Gasteiger partial charge in [0.05, 0.1) is 0 Å². The van der Waals surface area contributed by atoms with Crippen LogP contribution in [0.3, 0.4) is 0 Å². The van der Waals surface area contributed by atoms with Crippen molar-refractivity contribution >= 4 is 11.6 Å². The van der Waals surface area contributed by atoms with Crippen LogP contribution in [0.25, 0.3) is 17.2 Å². The summed E-state index contributed by atoms with van der Waals surface area (Å²) in [5.74, 6) is 3.33. The fourth-order valence-electron chi connectivity index (χ4n) is 3.60. The van der Waals surface area contributed by atoms with Gasteiger partial charge in [0.2, 0.25) is 11.7 Å². The maximum absolute atomic E-state index is 5.56. The second-order valence-electron chi connectivity index (χ2n) is 6.81. The quantitative estimate of drug-likeness (QED) is 0.554. The Morgan fingerprint density at radius 1 is 1.07 bits per heavy atom. The van der Waals surface area contributed by atoms with Crippen LogP contribution in [-0.4, -0.2) is 42.8 Å². The van der Waals surface area contributed by atoms with Gasteiger partial charge in [-0.3, -0.25) is 0 Å². The van der Waals surface area contributed by atoms with Crippen LogP contribution in [0.2, 0.25) is 0 Å². The summed E-state index contributed by atoms with van der Waals surface area (Å²) in [5.41, 5.74) is 1.92. The van der Waals surface area contributed by atoms with Crippen LogP contribution >= 0.6 is 0 Å². The first-order valence-corrected chi connectivity index (χ1v) is 9.09. The number of rotatable bonds is 3. The zero-order valence-electron chi connectivity index (χ0n) is 15.0. The number of benzene rings is 1. The van der Waals surface area contributed by atoms with Gasteiger partial charge in [-0.2, -0.15) is 19.6 Å². The summed E-state index contributed by atoms with van der Waals surface area (Å²) in [6, 6.07) is 12.0. The molecule has 1 aliphatic rings. The SMILES string of the molecule is Cc1cc(N2CCC(c3nc(-c4ccccc4)no3)CC2)n2ncnc2n1. The number of aromatic nitrogens is 6.